The van der Waals surface area contributed by atoms with Crippen molar-refractivity contribution in [2.45, 2.75) is 6.23 Å². The summed E-state index contributed by atoms with van der Waals surface area (Å²) in [6, 6.07) is 16.9. The Kier molecular flexibility index (Phi) is 2.97. The van der Waals surface area contributed by atoms with Gasteiger partial charge in [0.05, 0.1) is 10.9 Å². The second kappa shape index (κ2) is 4.92. The summed E-state index contributed by atoms with van der Waals surface area (Å²) in [5.74, 6) is 2.59. The maximum atomic E-state index is 11.0. The Morgan fingerprint density at radius 3 is 2.53 bits per heavy atom. The maximum Gasteiger partial charge on any atom is 0.226 e. The molecule has 0 saturated carbocycles. The van der Waals surface area contributed by atoms with Crippen LogP contribution >= 0.6 is 0 Å². The van der Waals surface area contributed by atoms with Crippen LogP contribution in [0.3, 0.4) is 0 Å². The van der Waals surface area contributed by atoms with E-state index < -0.39 is 6.23 Å². The lowest BCUT2D eigenvalue weighted by atomic mass is 10.1. The minimum absolute atomic E-state index is 0.405. The van der Waals surface area contributed by atoms with Gasteiger partial charge < -0.3 is 4.74 Å². The van der Waals surface area contributed by atoms with Gasteiger partial charge in [0.25, 0.3) is 0 Å². The van der Waals surface area contributed by atoms with E-state index in [2.05, 4.69) is 4.99 Å². The van der Waals surface area contributed by atoms with E-state index in [1.165, 1.54) is 0 Å². The molecule has 3 nitrogen and oxygen atoms in total. The first-order valence-corrected chi connectivity index (χ1v) is 5.98. The summed E-state index contributed by atoms with van der Waals surface area (Å²) >= 11 is 0. The number of hydrogen-bond donors (Lipinski definition) is 0. The largest absolute Gasteiger partial charge is 0.464 e. The van der Waals surface area contributed by atoms with E-state index >= 15 is 0 Å². The minimum Gasteiger partial charge on any atom is -0.464 e. The average Bonchev–Trinajstić information content (AvgIpc) is 2.47. The van der Waals surface area contributed by atoms with E-state index in [9.17, 15) is 4.79 Å². The van der Waals surface area contributed by atoms with Crippen molar-refractivity contribution < 1.29 is 9.53 Å². The molecular weight excluding hydrogens is 238 g/mol. The lowest BCUT2D eigenvalue weighted by Crippen LogP contribution is -2.34. The summed E-state index contributed by atoms with van der Waals surface area (Å²) in [6.45, 7) is 0. The summed E-state index contributed by atoms with van der Waals surface area (Å²) < 4.78 is 5.72. The van der Waals surface area contributed by atoms with Crippen molar-refractivity contribution in [1.82, 2.24) is 0 Å². The average molecular weight is 249 g/mol. The quantitative estimate of drug-likeness (QED) is 0.752. The van der Waals surface area contributed by atoms with Crippen molar-refractivity contribution in [2.75, 3.05) is 0 Å². The third-order valence-electron chi connectivity index (χ3n) is 2.88. The number of para-hydroxylation sites is 2. The van der Waals surface area contributed by atoms with E-state index in [4.69, 9.17) is 4.74 Å². The number of fused-ring (bicyclic) bond motifs is 1. The predicted octanol–water partition coefficient (Wildman–Crippen LogP) is 1.26. The molecule has 92 valence electrons. The first-order valence-electron chi connectivity index (χ1n) is 5.98. The first kappa shape index (κ1) is 11.5. The summed E-state index contributed by atoms with van der Waals surface area (Å²) in [5.41, 5.74) is 0.405. The summed E-state index contributed by atoms with van der Waals surface area (Å²) in [6.07, 6.45) is 1.14. The number of hydrogen-bond acceptors (Lipinski definition) is 3. The number of carbonyl (C=O) groups excluding carboxylic acids is 1. The van der Waals surface area contributed by atoms with Gasteiger partial charge in [-0.25, -0.2) is 9.79 Å². The summed E-state index contributed by atoms with van der Waals surface area (Å²) in [7, 11) is 0. The van der Waals surface area contributed by atoms with Crippen molar-refractivity contribution in [2.24, 2.45) is 4.99 Å². The highest BCUT2D eigenvalue weighted by Crippen LogP contribution is 2.16. The van der Waals surface area contributed by atoms with Crippen LogP contribution in [0.2, 0.25) is 0 Å². The molecule has 0 N–H and O–H groups in total. The molecule has 1 aliphatic rings. The molecular formula is C16H11NO2. The third-order valence-corrected chi connectivity index (χ3v) is 2.88. The highest BCUT2D eigenvalue weighted by molar-refractivity contribution is 5.70. The molecule has 0 bridgehead atoms. The van der Waals surface area contributed by atoms with Crippen LogP contribution in [0.5, 0.6) is 5.75 Å². The van der Waals surface area contributed by atoms with Gasteiger partial charge in [-0.3, -0.25) is 0 Å². The Morgan fingerprint density at radius 1 is 1.00 bits per heavy atom. The van der Waals surface area contributed by atoms with Crippen molar-refractivity contribution in [3.63, 3.8) is 0 Å². The molecule has 1 heterocycles. The van der Waals surface area contributed by atoms with E-state index in [0.29, 0.717) is 11.3 Å². The fraction of sp³-hybridized carbons (Fsp3) is 0.0625. The molecule has 0 spiro atoms. The summed E-state index contributed by atoms with van der Waals surface area (Å²) in [4.78, 5) is 15.5. The molecule has 0 saturated heterocycles. The monoisotopic (exact) mass is 249 g/mol. The fourth-order valence-electron chi connectivity index (χ4n) is 1.96. The number of rotatable bonds is 2. The van der Waals surface area contributed by atoms with Crippen molar-refractivity contribution in [1.29, 1.82) is 0 Å². The van der Waals surface area contributed by atoms with Gasteiger partial charge in [0, 0.05) is 5.22 Å². The molecule has 0 fully saturated rings. The lowest BCUT2D eigenvalue weighted by Gasteiger charge is -2.16. The van der Waals surface area contributed by atoms with Gasteiger partial charge in [0.15, 0.2) is 0 Å². The molecule has 0 amide bonds. The number of nitrogens with zero attached hydrogens (tertiary/aromatic N) is 1. The molecule has 0 radical (unpaired) electrons. The van der Waals surface area contributed by atoms with Gasteiger partial charge in [-0.15, -0.1) is 0 Å². The van der Waals surface area contributed by atoms with Crippen LogP contribution in [0.15, 0.2) is 65.2 Å². The number of benzene rings is 2. The van der Waals surface area contributed by atoms with Crippen molar-refractivity contribution in [3.8, 4) is 5.75 Å². The molecule has 1 atom stereocenters. The van der Waals surface area contributed by atoms with Crippen LogP contribution in [-0.4, -0.2) is 12.2 Å². The molecule has 0 aromatic heterocycles. The SMILES string of the molecule is O=C=C1C=c2ccccc2=NC1Oc1ccccc1. The fourth-order valence-corrected chi connectivity index (χ4v) is 1.96. The Labute approximate surface area is 110 Å². The van der Waals surface area contributed by atoms with Crippen LogP contribution in [0.4, 0.5) is 0 Å². The Hall–Kier alpha value is -2.64. The molecule has 2 aromatic rings. The van der Waals surface area contributed by atoms with Crippen LogP contribution in [0, 0.1) is 0 Å². The summed E-state index contributed by atoms with van der Waals surface area (Å²) in [5, 5.41) is 1.73. The molecule has 0 aliphatic carbocycles. The molecule has 1 aliphatic heterocycles. The van der Waals surface area contributed by atoms with Crippen LogP contribution < -0.4 is 15.3 Å². The standard InChI is InChI=1S/C16H11NO2/c18-11-13-10-12-6-4-5-9-15(12)17-16(13)19-14-7-2-1-3-8-14/h1-10,16H. The molecule has 3 heteroatoms. The predicted molar refractivity (Wildman–Crippen MR) is 71.8 cm³/mol. The highest BCUT2D eigenvalue weighted by Gasteiger charge is 2.17. The van der Waals surface area contributed by atoms with Crippen LogP contribution in [0.25, 0.3) is 6.08 Å². The van der Waals surface area contributed by atoms with Crippen LogP contribution in [-0.2, 0) is 4.79 Å². The van der Waals surface area contributed by atoms with Crippen LogP contribution in [0.1, 0.15) is 0 Å². The Morgan fingerprint density at radius 2 is 1.74 bits per heavy atom. The molecule has 3 rings (SSSR count). The molecule has 19 heavy (non-hydrogen) atoms. The van der Waals surface area contributed by atoms with Gasteiger partial charge in [-0.2, -0.15) is 0 Å². The van der Waals surface area contributed by atoms with Gasteiger partial charge in [-0.05, 0) is 24.3 Å². The Balaban J connectivity index is 2.03. The van der Waals surface area contributed by atoms with E-state index in [1.807, 2.05) is 60.5 Å². The van der Waals surface area contributed by atoms with Crippen molar-refractivity contribution in [3.05, 3.63) is 70.7 Å². The maximum absolute atomic E-state index is 11.0. The van der Waals surface area contributed by atoms with Gasteiger partial charge in [0.1, 0.15) is 11.7 Å². The lowest BCUT2D eigenvalue weighted by molar-refractivity contribution is 0.248. The second-order valence-corrected chi connectivity index (χ2v) is 4.17. The topological polar surface area (TPSA) is 38.7 Å². The highest BCUT2D eigenvalue weighted by atomic mass is 16.5. The van der Waals surface area contributed by atoms with Gasteiger partial charge >= 0.3 is 0 Å². The first-order chi connectivity index (χ1) is 9.36. The van der Waals surface area contributed by atoms with Gasteiger partial charge in [-0.1, -0.05) is 36.4 Å². The third kappa shape index (κ3) is 2.32. The van der Waals surface area contributed by atoms with Crippen molar-refractivity contribution >= 4 is 12.0 Å². The van der Waals surface area contributed by atoms with Gasteiger partial charge in [0.2, 0.25) is 6.23 Å². The minimum atomic E-state index is -0.630. The zero-order chi connectivity index (χ0) is 13.1. The Bertz CT molecular complexity index is 759. The number of ether oxygens (including phenoxy) is 1. The second-order valence-electron chi connectivity index (χ2n) is 4.17. The molecule has 1 unspecified atom stereocenters. The zero-order valence-corrected chi connectivity index (χ0v) is 10.1. The smallest absolute Gasteiger partial charge is 0.226 e. The zero-order valence-electron chi connectivity index (χ0n) is 10.1. The van der Waals surface area contributed by atoms with E-state index in [1.54, 1.807) is 6.08 Å². The van der Waals surface area contributed by atoms with E-state index in [-0.39, 0.29) is 0 Å². The molecule has 2 aromatic carbocycles. The normalized spacial score (nSPS) is 16.6. The van der Waals surface area contributed by atoms with E-state index in [0.717, 1.165) is 10.6 Å².